The number of hydrogen-bond acceptors (Lipinski definition) is 3. The Morgan fingerprint density at radius 2 is 2.06 bits per heavy atom. The largest absolute Gasteiger partial charge is 0.319 e. The molecule has 2 nitrogen and oxygen atoms in total. The lowest BCUT2D eigenvalue weighted by molar-refractivity contribution is 0.195. The molecule has 1 aromatic heterocycles. The molecule has 90 valence electrons. The molecule has 1 saturated carbocycles. The zero-order valence-corrected chi connectivity index (χ0v) is 11.3. The van der Waals surface area contributed by atoms with Crippen molar-refractivity contribution < 1.29 is 0 Å². The molecular formula is C13H22N2S. The lowest BCUT2D eigenvalue weighted by atomic mass is 9.73. The van der Waals surface area contributed by atoms with E-state index in [1.165, 1.54) is 12.8 Å². The van der Waals surface area contributed by atoms with Crippen LogP contribution >= 0.6 is 11.3 Å². The van der Waals surface area contributed by atoms with Crippen LogP contribution in [0.4, 0.5) is 0 Å². The van der Waals surface area contributed by atoms with Gasteiger partial charge in [-0.3, -0.25) is 0 Å². The van der Waals surface area contributed by atoms with Gasteiger partial charge in [-0.1, -0.05) is 13.8 Å². The molecule has 1 aromatic rings. The molecule has 2 rings (SSSR count). The van der Waals surface area contributed by atoms with Crippen molar-refractivity contribution >= 4 is 11.3 Å². The number of nitrogens with two attached hydrogens (primary N) is 1. The minimum absolute atomic E-state index is 0.135. The van der Waals surface area contributed by atoms with Crippen LogP contribution in [0.3, 0.4) is 0 Å². The summed E-state index contributed by atoms with van der Waals surface area (Å²) < 4.78 is 0. The summed E-state index contributed by atoms with van der Waals surface area (Å²) in [5.41, 5.74) is 7.48. The van der Waals surface area contributed by atoms with Gasteiger partial charge in [0.1, 0.15) is 5.01 Å². The first kappa shape index (κ1) is 12.1. The summed E-state index contributed by atoms with van der Waals surface area (Å²) in [4.78, 5) is 4.57. The molecule has 0 unspecified atom stereocenters. The van der Waals surface area contributed by atoms with Crippen molar-refractivity contribution in [3.05, 3.63) is 16.1 Å². The van der Waals surface area contributed by atoms with Crippen LogP contribution in [0, 0.1) is 18.8 Å². The second-order valence-electron chi connectivity index (χ2n) is 5.53. The predicted molar refractivity (Wildman–Crippen MR) is 69.5 cm³/mol. The molecule has 0 saturated heterocycles. The predicted octanol–water partition coefficient (Wildman–Crippen LogP) is 3.45. The van der Waals surface area contributed by atoms with E-state index in [4.69, 9.17) is 5.73 Å². The molecule has 16 heavy (non-hydrogen) atoms. The highest BCUT2D eigenvalue weighted by atomic mass is 32.1. The van der Waals surface area contributed by atoms with Gasteiger partial charge < -0.3 is 5.73 Å². The van der Waals surface area contributed by atoms with Crippen LogP contribution in [0.5, 0.6) is 0 Å². The number of hydrogen-bond donors (Lipinski definition) is 1. The first-order valence-electron chi connectivity index (χ1n) is 6.23. The molecule has 1 heterocycles. The van der Waals surface area contributed by atoms with E-state index in [9.17, 15) is 0 Å². The molecule has 3 heteroatoms. The first-order chi connectivity index (χ1) is 7.51. The molecule has 1 aliphatic rings. The van der Waals surface area contributed by atoms with Crippen LogP contribution in [-0.2, 0) is 5.54 Å². The van der Waals surface area contributed by atoms with Crippen molar-refractivity contribution in [3.63, 3.8) is 0 Å². The van der Waals surface area contributed by atoms with E-state index in [-0.39, 0.29) is 5.54 Å². The molecule has 0 amide bonds. The lowest BCUT2D eigenvalue weighted by Crippen LogP contribution is -2.41. The van der Waals surface area contributed by atoms with E-state index in [1.807, 2.05) is 6.92 Å². The van der Waals surface area contributed by atoms with Crippen LogP contribution in [0.15, 0.2) is 5.38 Å². The lowest BCUT2D eigenvalue weighted by Gasteiger charge is -2.37. The Labute approximate surface area is 102 Å². The Balaban J connectivity index is 2.06. The van der Waals surface area contributed by atoms with Gasteiger partial charge >= 0.3 is 0 Å². The number of thiazole rings is 1. The summed E-state index contributed by atoms with van der Waals surface area (Å²) in [5, 5.41) is 3.26. The average molecular weight is 238 g/mol. The van der Waals surface area contributed by atoms with E-state index < -0.39 is 0 Å². The second-order valence-corrected chi connectivity index (χ2v) is 6.39. The number of nitrogens with zero attached hydrogens (tertiary/aromatic N) is 1. The van der Waals surface area contributed by atoms with E-state index in [0.29, 0.717) is 0 Å². The summed E-state index contributed by atoms with van der Waals surface area (Å²) in [6.07, 6.45) is 4.71. The van der Waals surface area contributed by atoms with Crippen molar-refractivity contribution in [1.82, 2.24) is 4.98 Å². The summed E-state index contributed by atoms with van der Waals surface area (Å²) >= 11 is 1.73. The van der Waals surface area contributed by atoms with Crippen molar-refractivity contribution in [2.75, 3.05) is 0 Å². The Kier molecular flexibility index (Phi) is 3.36. The normalized spacial score (nSPS) is 30.9. The van der Waals surface area contributed by atoms with Gasteiger partial charge in [-0.25, -0.2) is 4.98 Å². The van der Waals surface area contributed by atoms with Gasteiger partial charge in [-0.2, -0.15) is 0 Å². The Hall–Kier alpha value is -0.410. The van der Waals surface area contributed by atoms with E-state index in [2.05, 4.69) is 24.2 Å². The third-order valence-electron chi connectivity index (χ3n) is 3.91. The second kappa shape index (κ2) is 4.46. The van der Waals surface area contributed by atoms with Crippen LogP contribution < -0.4 is 5.73 Å². The van der Waals surface area contributed by atoms with Gasteiger partial charge in [0.05, 0.1) is 5.54 Å². The Morgan fingerprint density at radius 1 is 1.44 bits per heavy atom. The van der Waals surface area contributed by atoms with Crippen molar-refractivity contribution in [1.29, 1.82) is 0 Å². The van der Waals surface area contributed by atoms with Crippen LogP contribution in [-0.4, -0.2) is 4.98 Å². The van der Waals surface area contributed by atoms with E-state index in [0.717, 1.165) is 35.4 Å². The van der Waals surface area contributed by atoms with Crippen LogP contribution in [0.2, 0.25) is 0 Å². The smallest absolute Gasteiger partial charge is 0.113 e. The molecule has 1 fully saturated rings. The molecule has 0 spiro atoms. The van der Waals surface area contributed by atoms with E-state index >= 15 is 0 Å². The third kappa shape index (κ3) is 2.30. The zero-order chi connectivity index (χ0) is 11.8. The SMILES string of the molecule is Cc1csc(C2(N)CCC(C(C)C)CC2)n1. The molecule has 2 N–H and O–H groups in total. The third-order valence-corrected chi connectivity index (χ3v) is 5.09. The highest BCUT2D eigenvalue weighted by Crippen LogP contribution is 2.40. The maximum Gasteiger partial charge on any atom is 0.113 e. The average Bonchev–Trinajstić information content (AvgIpc) is 2.66. The highest BCUT2D eigenvalue weighted by Gasteiger charge is 2.36. The summed E-state index contributed by atoms with van der Waals surface area (Å²) in [6.45, 7) is 6.69. The summed E-state index contributed by atoms with van der Waals surface area (Å²) in [6, 6.07) is 0. The van der Waals surface area contributed by atoms with Gasteiger partial charge in [-0.05, 0) is 44.4 Å². The van der Waals surface area contributed by atoms with E-state index in [1.54, 1.807) is 11.3 Å². The number of rotatable bonds is 2. The van der Waals surface area contributed by atoms with Crippen LogP contribution in [0.25, 0.3) is 0 Å². The van der Waals surface area contributed by atoms with Gasteiger partial charge in [0, 0.05) is 11.1 Å². The van der Waals surface area contributed by atoms with Crippen molar-refractivity contribution in [3.8, 4) is 0 Å². The topological polar surface area (TPSA) is 38.9 Å². The summed E-state index contributed by atoms with van der Waals surface area (Å²) in [7, 11) is 0. The fourth-order valence-electron chi connectivity index (χ4n) is 2.62. The fourth-order valence-corrected chi connectivity index (χ4v) is 3.59. The van der Waals surface area contributed by atoms with Gasteiger partial charge in [0.2, 0.25) is 0 Å². The number of aryl methyl sites for hydroxylation is 1. The minimum atomic E-state index is -0.135. The standard InChI is InChI=1S/C13H22N2S/c1-9(2)11-4-6-13(14,7-5-11)12-15-10(3)8-16-12/h8-9,11H,4-7,14H2,1-3H3. The van der Waals surface area contributed by atoms with Crippen LogP contribution in [0.1, 0.15) is 50.2 Å². The zero-order valence-electron chi connectivity index (χ0n) is 10.5. The monoisotopic (exact) mass is 238 g/mol. The van der Waals surface area contributed by atoms with Crippen molar-refractivity contribution in [2.45, 2.75) is 52.0 Å². The first-order valence-corrected chi connectivity index (χ1v) is 7.11. The molecule has 0 atom stereocenters. The summed E-state index contributed by atoms with van der Waals surface area (Å²) in [5.74, 6) is 1.65. The Bertz CT molecular complexity index is 349. The minimum Gasteiger partial charge on any atom is -0.319 e. The maximum absolute atomic E-state index is 6.50. The molecule has 0 aliphatic heterocycles. The molecule has 1 aliphatic carbocycles. The van der Waals surface area contributed by atoms with Gasteiger partial charge in [-0.15, -0.1) is 11.3 Å². The van der Waals surface area contributed by atoms with Gasteiger partial charge in [0.15, 0.2) is 0 Å². The molecule has 0 bridgehead atoms. The molecule has 0 radical (unpaired) electrons. The highest BCUT2D eigenvalue weighted by molar-refractivity contribution is 7.09. The molecule has 0 aromatic carbocycles. The fraction of sp³-hybridized carbons (Fsp3) is 0.769. The van der Waals surface area contributed by atoms with Gasteiger partial charge in [0.25, 0.3) is 0 Å². The Morgan fingerprint density at radius 3 is 2.50 bits per heavy atom. The van der Waals surface area contributed by atoms with Crippen molar-refractivity contribution in [2.24, 2.45) is 17.6 Å². The quantitative estimate of drug-likeness (QED) is 0.857. The maximum atomic E-state index is 6.50. The molecular weight excluding hydrogens is 216 g/mol. The number of aromatic nitrogens is 1.